The molecule has 102 valence electrons. The summed E-state index contributed by atoms with van der Waals surface area (Å²) in [6, 6.07) is 12.3. The van der Waals surface area contributed by atoms with E-state index >= 15 is 0 Å². The van der Waals surface area contributed by atoms with Gasteiger partial charge in [0.25, 0.3) is 0 Å². The van der Waals surface area contributed by atoms with E-state index in [1.807, 2.05) is 29.7 Å². The van der Waals surface area contributed by atoms with Crippen molar-refractivity contribution in [2.45, 2.75) is 26.9 Å². The summed E-state index contributed by atoms with van der Waals surface area (Å²) in [6.45, 7) is 5.88. The van der Waals surface area contributed by atoms with Gasteiger partial charge in [0, 0.05) is 11.8 Å². The number of aliphatic hydroxyl groups excluding tert-OH is 1. The van der Waals surface area contributed by atoms with Gasteiger partial charge in [0.15, 0.2) is 0 Å². The number of nitrogens with zero attached hydrogens (tertiary/aromatic N) is 2. The first-order chi connectivity index (χ1) is 9.56. The first-order valence-corrected chi connectivity index (χ1v) is 6.80. The van der Waals surface area contributed by atoms with Crippen molar-refractivity contribution >= 4 is 5.65 Å². The Morgan fingerprint density at radius 2 is 1.75 bits per heavy atom. The number of aliphatic hydroxyl groups is 1. The zero-order chi connectivity index (χ0) is 14.3. The van der Waals surface area contributed by atoms with Gasteiger partial charge in [-0.3, -0.25) is 0 Å². The van der Waals surface area contributed by atoms with Crippen LogP contribution in [-0.4, -0.2) is 14.5 Å². The molecule has 3 rings (SSSR count). The van der Waals surface area contributed by atoms with Gasteiger partial charge in [-0.25, -0.2) is 4.98 Å². The number of benzene rings is 1. The fourth-order valence-electron chi connectivity index (χ4n) is 2.49. The van der Waals surface area contributed by atoms with Crippen LogP contribution >= 0.6 is 0 Å². The standard InChI is InChI=1S/C17H18N2O/c1-11-4-6-14(7-5-11)16-17(13(3)20)19-9-8-12(2)10-15(19)18-16/h4-10,13,20H,1-3H3. The van der Waals surface area contributed by atoms with E-state index in [2.05, 4.69) is 31.2 Å². The molecule has 0 amide bonds. The second-order valence-electron chi connectivity index (χ2n) is 5.32. The lowest BCUT2D eigenvalue weighted by Crippen LogP contribution is -1.99. The molecule has 0 spiro atoms. The van der Waals surface area contributed by atoms with Gasteiger partial charge >= 0.3 is 0 Å². The molecule has 1 N–H and O–H groups in total. The van der Waals surface area contributed by atoms with Crippen molar-refractivity contribution in [3.8, 4) is 11.3 Å². The maximum absolute atomic E-state index is 10.1. The summed E-state index contributed by atoms with van der Waals surface area (Å²) in [6.07, 6.45) is 1.40. The molecule has 3 nitrogen and oxygen atoms in total. The number of hydrogen-bond donors (Lipinski definition) is 1. The Kier molecular flexibility index (Phi) is 3.07. The molecule has 20 heavy (non-hydrogen) atoms. The van der Waals surface area contributed by atoms with Gasteiger partial charge in [-0.1, -0.05) is 29.8 Å². The SMILES string of the molecule is Cc1ccc(-c2nc3cc(C)ccn3c2C(C)O)cc1. The van der Waals surface area contributed by atoms with Crippen molar-refractivity contribution in [1.29, 1.82) is 0 Å². The number of pyridine rings is 1. The van der Waals surface area contributed by atoms with Crippen LogP contribution in [0.15, 0.2) is 42.6 Å². The second-order valence-corrected chi connectivity index (χ2v) is 5.32. The molecular formula is C17H18N2O. The third-order valence-corrected chi connectivity index (χ3v) is 3.54. The average Bonchev–Trinajstić information content (AvgIpc) is 2.77. The number of aryl methyl sites for hydroxylation is 2. The molecule has 1 aromatic carbocycles. The largest absolute Gasteiger partial charge is 0.387 e. The highest BCUT2D eigenvalue weighted by atomic mass is 16.3. The minimum absolute atomic E-state index is 0.566. The summed E-state index contributed by atoms with van der Waals surface area (Å²) in [5.74, 6) is 0. The van der Waals surface area contributed by atoms with Crippen LogP contribution in [0, 0.1) is 13.8 Å². The van der Waals surface area contributed by atoms with Gasteiger partial charge in [0.2, 0.25) is 0 Å². The van der Waals surface area contributed by atoms with Crippen LogP contribution in [0.25, 0.3) is 16.9 Å². The predicted molar refractivity (Wildman–Crippen MR) is 80.7 cm³/mol. The Hall–Kier alpha value is -2.13. The third kappa shape index (κ3) is 2.10. The fraction of sp³-hybridized carbons (Fsp3) is 0.235. The highest BCUT2D eigenvalue weighted by Gasteiger charge is 2.17. The summed E-state index contributed by atoms with van der Waals surface area (Å²) < 4.78 is 1.97. The smallest absolute Gasteiger partial charge is 0.138 e. The molecule has 2 aromatic heterocycles. The molecule has 1 atom stereocenters. The lowest BCUT2D eigenvalue weighted by Gasteiger charge is -2.08. The Bertz CT molecular complexity index is 755. The van der Waals surface area contributed by atoms with Gasteiger partial charge < -0.3 is 9.51 Å². The summed E-state index contributed by atoms with van der Waals surface area (Å²) in [5, 5.41) is 10.1. The number of imidazole rings is 1. The van der Waals surface area contributed by atoms with E-state index in [1.54, 1.807) is 6.92 Å². The van der Waals surface area contributed by atoms with Gasteiger partial charge in [-0.15, -0.1) is 0 Å². The maximum Gasteiger partial charge on any atom is 0.138 e. The Morgan fingerprint density at radius 1 is 1.05 bits per heavy atom. The zero-order valence-electron chi connectivity index (χ0n) is 12.0. The monoisotopic (exact) mass is 266 g/mol. The van der Waals surface area contributed by atoms with Crippen LogP contribution in [0.1, 0.15) is 29.8 Å². The first kappa shape index (κ1) is 12.9. The molecule has 3 heteroatoms. The van der Waals surface area contributed by atoms with E-state index in [0.29, 0.717) is 0 Å². The maximum atomic E-state index is 10.1. The lowest BCUT2D eigenvalue weighted by atomic mass is 10.1. The summed E-state index contributed by atoms with van der Waals surface area (Å²) in [4.78, 5) is 4.70. The van der Waals surface area contributed by atoms with Crippen molar-refractivity contribution in [3.05, 3.63) is 59.4 Å². The molecule has 0 saturated heterocycles. The molecular weight excluding hydrogens is 248 g/mol. The van der Waals surface area contributed by atoms with E-state index in [4.69, 9.17) is 4.98 Å². The molecule has 2 heterocycles. The molecule has 1 unspecified atom stereocenters. The number of fused-ring (bicyclic) bond motifs is 1. The van der Waals surface area contributed by atoms with Gasteiger partial charge in [0.1, 0.15) is 5.65 Å². The summed E-state index contributed by atoms with van der Waals surface area (Å²) >= 11 is 0. The van der Waals surface area contributed by atoms with E-state index in [1.165, 1.54) is 5.56 Å². The lowest BCUT2D eigenvalue weighted by molar-refractivity contribution is 0.194. The second kappa shape index (κ2) is 4.76. The number of aromatic nitrogens is 2. The molecule has 0 radical (unpaired) electrons. The quantitative estimate of drug-likeness (QED) is 0.768. The fourth-order valence-corrected chi connectivity index (χ4v) is 2.49. The van der Waals surface area contributed by atoms with Crippen molar-refractivity contribution in [3.63, 3.8) is 0 Å². The molecule has 0 aliphatic rings. The molecule has 0 aliphatic heterocycles. The van der Waals surface area contributed by atoms with Crippen LogP contribution in [0.4, 0.5) is 0 Å². The van der Waals surface area contributed by atoms with E-state index < -0.39 is 6.10 Å². The van der Waals surface area contributed by atoms with Crippen molar-refractivity contribution < 1.29 is 5.11 Å². The Balaban J connectivity index is 2.28. The van der Waals surface area contributed by atoms with Crippen LogP contribution in [-0.2, 0) is 0 Å². The highest BCUT2D eigenvalue weighted by molar-refractivity contribution is 5.67. The average molecular weight is 266 g/mol. The van der Waals surface area contributed by atoms with Crippen LogP contribution < -0.4 is 0 Å². The Labute approximate surface area is 118 Å². The normalized spacial score (nSPS) is 12.8. The van der Waals surface area contributed by atoms with Gasteiger partial charge in [-0.05, 0) is 38.5 Å². The highest BCUT2D eigenvalue weighted by Crippen LogP contribution is 2.29. The van der Waals surface area contributed by atoms with Crippen LogP contribution in [0.2, 0.25) is 0 Å². The van der Waals surface area contributed by atoms with Gasteiger partial charge in [0.05, 0.1) is 17.5 Å². The molecule has 0 fully saturated rings. The van der Waals surface area contributed by atoms with E-state index in [9.17, 15) is 5.11 Å². The number of rotatable bonds is 2. The molecule has 0 saturated carbocycles. The predicted octanol–water partition coefficient (Wildman–Crippen LogP) is 3.67. The van der Waals surface area contributed by atoms with Crippen LogP contribution in [0.5, 0.6) is 0 Å². The van der Waals surface area contributed by atoms with Crippen LogP contribution in [0.3, 0.4) is 0 Å². The zero-order valence-corrected chi connectivity index (χ0v) is 12.0. The number of hydrogen-bond acceptors (Lipinski definition) is 2. The molecule has 0 bridgehead atoms. The topological polar surface area (TPSA) is 37.5 Å². The van der Waals surface area contributed by atoms with E-state index in [-0.39, 0.29) is 0 Å². The van der Waals surface area contributed by atoms with Crippen molar-refractivity contribution in [2.75, 3.05) is 0 Å². The molecule has 0 aliphatic carbocycles. The van der Waals surface area contributed by atoms with E-state index in [0.717, 1.165) is 28.2 Å². The van der Waals surface area contributed by atoms with Gasteiger partial charge in [-0.2, -0.15) is 0 Å². The summed E-state index contributed by atoms with van der Waals surface area (Å²) in [5.41, 5.74) is 5.97. The first-order valence-electron chi connectivity index (χ1n) is 6.80. The van der Waals surface area contributed by atoms with Crippen molar-refractivity contribution in [2.24, 2.45) is 0 Å². The minimum atomic E-state index is -0.566. The van der Waals surface area contributed by atoms with Crippen molar-refractivity contribution in [1.82, 2.24) is 9.38 Å². The minimum Gasteiger partial charge on any atom is -0.387 e. The molecule has 3 aromatic rings. The summed E-state index contributed by atoms with van der Waals surface area (Å²) in [7, 11) is 0. The Morgan fingerprint density at radius 3 is 2.40 bits per heavy atom. The third-order valence-electron chi connectivity index (χ3n) is 3.54.